The van der Waals surface area contributed by atoms with Crippen LogP contribution in [-0.2, 0) is 11.2 Å². The Morgan fingerprint density at radius 1 is 1.10 bits per heavy atom. The minimum atomic E-state index is -0.0645. The van der Waals surface area contributed by atoms with Crippen molar-refractivity contribution in [1.29, 1.82) is 0 Å². The first-order valence-corrected chi connectivity index (χ1v) is 6.92. The number of carbonyl (C=O) groups excluding carboxylic acids is 1. The molecule has 0 saturated carbocycles. The van der Waals surface area contributed by atoms with Gasteiger partial charge in [0.2, 0.25) is 5.91 Å². The highest BCUT2D eigenvalue weighted by atomic mass is 16.5. The molecule has 1 amide bonds. The lowest BCUT2D eigenvalue weighted by molar-refractivity contribution is -0.114. The molecule has 4 heteroatoms. The number of carbonyl (C=O) groups is 1. The van der Waals surface area contributed by atoms with E-state index in [9.17, 15) is 4.79 Å². The molecule has 0 aromatic heterocycles. The second-order valence-electron chi connectivity index (χ2n) is 4.79. The van der Waals surface area contributed by atoms with Gasteiger partial charge in [-0.3, -0.25) is 4.79 Å². The molecule has 2 aromatic rings. The minimum Gasteiger partial charge on any atom is -0.497 e. The fraction of sp³-hybridized carbons (Fsp3) is 0.235. The van der Waals surface area contributed by atoms with Crippen molar-refractivity contribution >= 4 is 17.3 Å². The fourth-order valence-electron chi connectivity index (χ4n) is 2.05. The summed E-state index contributed by atoms with van der Waals surface area (Å²) in [6.07, 6.45) is 0.925. The van der Waals surface area contributed by atoms with Crippen molar-refractivity contribution in [3.63, 3.8) is 0 Å². The first-order chi connectivity index (χ1) is 10.2. The molecule has 2 aromatic carbocycles. The Kier molecular flexibility index (Phi) is 5.21. The van der Waals surface area contributed by atoms with Gasteiger partial charge in [0.15, 0.2) is 0 Å². The van der Waals surface area contributed by atoms with Crippen LogP contribution in [0.3, 0.4) is 0 Å². The number of hydrogen-bond acceptors (Lipinski definition) is 3. The van der Waals surface area contributed by atoms with E-state index < -0.39 is 0 Å². The van der Waals surface area contributed by atoms with Crippen LogP contribution in [0.15, 0.2) is 48.5 Å². The van der Waals surface area contributed by atoms with E-state index >= 15 is 0 Å². The van der Waals surface area contributed by atoms with Crippen LogP contribution in [0.1, 0.15) is 12.5 Å². The summed E-state index contributed by atoms with van der Waals surface area (Å²) in [5.41, 5.74) is 3.05. The molecule has 0 spiro atoms. The molecule has 4 nitrogen and oxygen atoms in total. The molecule has 0 bridgehead atoms. The SMILES string of the molecule is COc1ccc(CCNc2cccc(NC(C)=O)c2)cc1. The quantitative estimate of drug-likeness (QED) is 0.855. The molecule has 2 rings (SSSR count). The van der Waals surface area contributed by atoms with Crippen molar-refractivity contribution in [2.45, 2.75) is 13.3 Å². The number of amides is 1. The smallest absolute Gasteiger partial charge is 0.221 e. The topological polar surface area (TPSA) is 50.4 Å². The number of methoxy groups -OCH3 is 1. The molecular formula is C17H20N2O2. The van der Waals surface area contributed by atoms with Gasteiger partial charge in [-0.15, -0.1) is 0 Å². The Labute approximate surface area is 125 Å². The standard InChI is InChI=1S/C17H20N2O2/c1-13(20)19-16-5-3-4-15(12-16)18-11-10-14-6-8-17(21-2)9-7-14/h3-9,12,18H,10-11H2,1-2H3,(H,19,20). The summed E-state index contributed by atoms with van der Waals surface area (Å²) < 4.78 is 5.14. The van der Waals surface area contributed by atoms with Crippen LogP contribution in [-0.4, -0.2) is 19.6 Å². The highest BCUT2D eigenvalue weighted by Gasteiger charge is 1.98. The predicted molar refractivity (Wildman–Crippen MR) is 85.9 cm³/mol. The zero-order valence-corrected chi connectivity index (χ0v) is 12.3. The number of anilines is 2. The van der Waals surface area contributed by atoms with Gasteiger partial charge >= 0.3 is 0 Å². The number of ether oxygens (including phenoxy) is 1. The maximum atomic E-state index is 11.0. The lowest BCUT2D eigenvalue weighted by atomic mass is 10.1. The molecule has 0 radical (unpaired) electrons. The average Bonchev–Trinajstić information content (AvgIpc) is 2.48. The molecule has 0 heterocycles. The third kappa shape index (κ3) is 4.84. The molecular weight excluding hydrogens is 264 g/mol. The summed E-state index contributed by atoms with van der Waals surface area (Å²) in [4.78, 5) is 11.0. The monoisotopic (exact) mass is 284 g/mol. The van der Waals surface area contributed by atoms with Crippen molar-refractivity contribution in [2.24, 2.45) is 0 Å². The van der Waals surface area contributed by atoms with Crippen LogP contribution < -0.4 is 15.4 Å². The molecule has 0 fully saturated rings. The van der Waals surface area contributed by atoms with Gasteiger partial charge < -0.3 is 15.4 Å². The molecule has 0 aliphatic rings. The third-order valence-electron chi connectivity index (χ3n) is 3.08. The fourth-order valence-corrected chi connectivity index (χ4v) is 2.05. The minimum absolute atomic E-state index is 0.0645. The van der Waals surface area contributed by atoms with Gasteiger partial charge in [-0.1, -0.05) is 18.2 Å². The van der Waals surface area contributed by atoms with Gasteiger partial charge in [-0.25, -0.2) is 0 Å². The van der Waals surface area contributed by atoms with Crippen molar-refractivity contribution < 1.29 is 9.53 Å². The molecule has 2 N–H and O–H groups in total. The van der Waals surface area contributed by atoms with Gasteiger partial charge in [0, 0.05) is 24.8 Å². The van der Waals surface area contributed by atoms with Crippen molar-refractivity contribution in [3.8, 4) is 5.75 Å². The first-order valence-electron chi connectivity index (χ1n) is 6.92. The van der Waals surface area contributed by atoms with Crippen LogP contribution in [0, 0.1) is 0 Å². The largest absolute Gasteiger partial charge is 0.497 e. The molecule has 0 saturated heterocycles. The Morgan fingerprint density at radius 3 is 2.48 bits per heavy atom. The van der Waals surface area contributed by atoms with Crippen molar-refractivity contribution in [1.82, 2.24) is 0 Å². The summed E-state index contributed by atoms with van der Waals surface area (Å²) in [6.45, 7) is 2.33. The average molecular weight is 284 g/mol. The number of rotatable bonds is 6. The van der Waals surface area contributed by atoms with E-state index in [2.05, 4.69) is 22.8 Å². The Morgan fingerprint density at radius 2 is 1.81 bits per heavy atom. The molecule has 0 aliphatic carbocycles. The number of nitrogens with one attached hydrogen (secondary N) is 2. The molecule has 21 heavy (non-hydrogen) atoms. The van der Waals surface area contributed by atoms with E-state index in [1.165, 1.54) is 12.5 Å². The van der Waals surface area contributed by atoms with E-state index in [-0.39, 0.29) is 5.91 Å². The highest BCUT2D eigenvalue weighted by molar-refractivity contribution is 5.89. The molecule has 0 atom stereocenters. The Bertz CT molecular complexity index is 594. The van der Waals surface area contributed by atoms with E-state index in [1.807, 2.05) is 36.4 Å². The van der Waals surface area contributed by atoms with Gasteiger partial charge in [-0.2, -0.15) is 0 Å². The maximum absolute atomic E-state index is 11.0. The van der Waals surface area contributed by atoms with Gasteiger partial charge in [0.05, 0.1) is 7.11 Å². The zero-order chi connectivity index (χ0) is 15.1. The lowest BCUT2D eigenvalue weighted by Gasteiger charge is -2.09. The van der Waals surface area contributed by atoms with Crippen LogP contribution in [0.4, 0.5) is 11.4 Å². The second kappa shape index (κ2) is 7.33. The van der Waals surface area contributed by atoms with Crippen molar-refractivity contribution in [2.75, 3.05) is 24.3 Å². The first kappa shape index (κ1) is 14.9. The lowest BCUT2D eigenvalue weighted by Crippen LogP contribution is -2.07. The summed E-state index contributed by atoms with van der Waals surface area (Å²) in [7, 11) is 1.67. The van der Waals surface area contributed by atoms with E-state index in [0.717, 1.165) is 30.1 Å². The van der Waals surface area contributed by atoms with Crippen molar-refractivity contribution in [3.05, 3.63) is 54.1 Å². The van der Waals surface area contributed by atoms with E-state index in [4.69, 9.17) is 4.74 Å². The van der Waals surface area contributed by atoms with Gasteiger partial charge in [-0.05, 0) is 42.3 Å². The third-order valence-corrected chi connectivity index (χ3v) is 3.08. The van der Waals surface area contributed by atoms with E-state index in [1.54, 1.807) is 7.11 Å². The Balaban J connectivity index is 1.86. The van der Waals surface area contributed by atoms with Gasteiger partial charge in [0.1, 0.15) is 5.75 Å². The van der Waals surface area contributed by atoms with Crippen LogP contribution in [0.2, 0.25) is 0 Å². The normalized spacial score (nSPS) is 10.0. The van der Waals surface area contributed by atoms with Crippen LogP contribution >= 0.6 is 0 Å². The molecule has 0 aliphatic heterocycles. The second-order valence-corrected chi connectivity index (χ2v) is 4.79. The number of benzene rings is 2. The molecule has 110 valence electrons. The zero-order valence-electron chi connectivity index (χ0n) is 12.3. The summed E-state index contributed by atoms with van der Waals surface area (Å²) in [5, 5.41) is 6.13. The van der Waals surface area contributed by atoms with Gasteiger partial charge in [0.25, 0.3) is 0 Å². The predicted octanol–water partition coefficient (Wildman–Crippen LogP) is 3.31. The molecule has 0 unspecified atom stereocenters. The van der Waals surface area contributed by atoms with E-state index in [0.29, 0.717) is 0 Å². The summed E-state index contributed by atoms with van der Waals surface area (Å²) in [5.74, 6) is 0.806. The Hall–Kier alpha value is -2.49. The summed E-state index contributed by atoms with van der Waals surface area (Å²) in [6, 6.07) is 15.8. The van der Waals surface area contributed by atoms with Crippen LogP contribution in [0.25, 0.3) is 0 Å². The summed E-state index contributed by atoms with van der Waals surface area (Å²) >= 11 is 0. The highest BCUT2D eigenvalue weighted by Crippen LogP contribution is 2.16. The number of hydrogen-bond donors (Lipinski definition) is 2. The maximum Gasteiger partial charge on any atom is 0.221 e. The van der Waals surface area contributed by atoms with Crippen LogP contribution in [0.5, 0.6) is 5.75 Å².